The van der Waals surface area contributed by atoms with Crippen LogP contribution in [0, 0.1) is 12.3 Å². The summed E-state index contributed by atoms with van der Waals surface area (Å²) in [6.07, 6.45) is 9.69. The Balaban J connectivity index is 1.93. The van der Waals surface area contributed by atoms with Crippen molar-refractivity contribution in [2.45, 2.75) is 25.7 Å². The topological polar surface area (TPSA) is 0 Å². The average molecular weight is 109 g/mol. The number of allylic oxidation sites excluding steroid dienone is 1. The molecule has 0 aromatic rings. The molecule has 45 valence electrons. The molecule has 0 aliphatic heterocycles. The molecule has 0 unspecified atom stereocenters. The summed E-state index contributed by atoms with van der Waals surface area (Å²) in [6, 6.07) is 0. The van der Waals surface area contributed by atoms with Gasteiger partial charge < -0.3 is 0 Å². The van der Waals surface area contributed by atoms with Crippen LogP contribution in [0.15, 0.2) is 12.7 Å². The van der Waals surface area contributed by atoms with Gasteiger partial charge in [-0.2, -0.15) is 0 Å². The predicted octanol–water partition coefficient (Wildman–Crippen LogP) is 2.57. The lowest BCUT2D eigenvalue weighted by atomic mass is 9.82. The zero-order valence-corrected chi connectivity index (χ0v) is 5.27. The van der Waals surface area contributed by atoms with Gasteiger partial charge in [-0.05, 0) is 18.8 Å². The van der Waals surface area contributed by atoms with Gasteiger partial charge in [-0.1, -0.05) is 25.3 Å². The Hall–Kier alpha value is -0.260. The van der Waals surface area contributed by atoms with E-state index < -0.39 is 0 Å². The van der Waals surface area contributed by atoms with E-state index in [-0.39, 0.29) is 0 Å². The molecule has 0 nitrogen and oxygen atoms in total. The highest BCUT2D eigenvalue weighted by molar-refractivity contribution is 4.89. The fourth-order valence-electron chi connectivity index (χ4n) is 1.02. The summed E-state index contributed by atoms with van der Waals surface area (Å²) >= 11 is 0. The minimum Gasteiger partial charge on any atom is -0.103 e. The van der Waals surface area contributed by atoms with Crippen molar-refractivity contribution in [2.24, 2.45) is 5.92 Å². The first-order chi connectivity index (χ1) is 3.93. The highest BCUT2D eigenvalue weighted by Gasteiger charge is 2.15. The van der Waals surface area contributed by atoms with Crippen LogP contribution in [0.3, 0.4) is 0 Å². The highest BCUT2D eigenvalue weighted by Crippen LogP contribution is 2.29. The molecular weight excluding hydrogens is 96.1 g/mol. The predicted molar refractivity (Wildman–Crippen MR) is 36.5 cm³/mol. The number of hydrogen-bond donors (Lipinski definition) is 0. The third-order valence-corrected chi connectivity index (χ3v) is 1.86. The number of rotatable bonds is 3. The quantitative estimate of drug-likeness (QED) is 0.522. The van der Waals surface area contributed by atoms with E-state index in [1.165, 1.54) is 25.7 Å². The first-order valence-electron chi connectivity index (χ1n) is 3.37. The fraction of sp³-hybridized carbons (Fsp3) is 0.625. The van der Waals surface area contributed by atoms with Crippen LogP contribution in [-0.4, -0.2) is 0 Å². The summed E-state index contributed by atoms with van der Waals surface area (Å²) < 4.78 is 0. The largest absolute Gasteiger partial charge is 0.103 e. The molecule has 0 saturated heterocycles. The van der Waals surface area contributed by atoms with Crippen LogP contribution in [0.1, 0.15) is 25.7 Å². The molecule has 0 heterocycles. The fourth-order valence-corrected chi connectivity index (χ4v) is 1.02. The lowest BCUT2D eigenvalue weighted by Gasteiger charge is -2.24. The van der Waals surface area contributed by atoms with E-state index in [0.29, 0.717) is 0 Å². The molecule has 0 spiro atoms. The second-order valence-electron chi connectivity index (χ2n) is 2.50. The van der Waals surface area contributed by atoms with Gasteiger partial charge in [-0.15, -0.1) is 6.58 Å². The van der Waals surface area contributed by atoms with Crippen molar-refractivity contribution in [2.75, 3.05) is 0 Å². The Kier molecular flexibility index (Phi) is 2.13. The van der Waals surface area contributed by atoms with Crippen LogP contribution in [0.25, 0.3) is 0 Å². The van der Waals surface area contributed by atoms with Crippen molar-refractivity contribution in [3.63, 3.8) is 0 Å². The molecule has 0 atom stereocenters. The second-order valence-corrected chi connectivity index (χ2v) is 2.50. The van der Waals surface area contributed by atoms with Crippen molar-refractivity contribution in [1.82, 2.24) is 0 Å². The van der Waals surface area contributed by atoms with Crippen LogP contribution < -0.4 is 0 Å². The summed E-state index contributed by atoms with van der Waals surface area (Å²) in [5, 5.41) is 0. The van der Waals surface area contributed by atoms with E-state index in [0.717, 1.165) is 5.92 Å². The van der Waals surface area contributed by atoms with E-state index in [1.807, 2.05) is 6.08 Å². The molecule has 0 N–H and O–H groups in total. The van der Waals surface area contributed by atoms with Gasteiger partial charge in [0.25, 0.3) is 0 Å². The molecule has 8 heavy (non-hydrogen) atoms. The van der Waals surface area contributed by atoms with Crippen LogP contribution in [0.2, 0.25) is 0 Å². The zero-order valence-electron chi connectivity index (χ0n) is 5.27. The van der Waals surface area contributed by atoms with Crippen LogP contribution in [-0.2, 0) is 0 Å². The van der Waals surface area contributed by atoms with Crippen molar-refractivity contribution >= 4 is 0 Å². The minimum atomic E-state index is 1.01. The molecule has 0 amide bonds. The summed E-state index contributed by atoms with van der Waals surface area (Å²) in [4.78, 5) is 0. The molecule has 1 aliphatic rings. The van der Waals surface area contributed by atoms with Crippen molar-refractivity contribution in [3.8, 4) is 0 Å². The van der Waals surface area contributed by atoms with Crippen molar-refractivity contribution in [3.05, 3.63) is 19.1 Å². The lowest BCUT2D eigenvalue weighted by molar-refractivity contribution is 0.314. The molecule has 1 saturated carbocycles. The maximum Gasteiger partial charge on any atom is -0.0171 e. The Bertz CT molecular complexity index is 70.1. The van der Waals surface area contributed by atoms with E-state index in [2.05, 4.69) is 13.0 Å². The first kappa shape index (κ1) is 5.87. The third kappa shape index (κ3) is 1.36. The standard InChI is InChI=1S/C8H13/c1-2-3-5-8-6-4-7-8/h2-3,8H,1,4-7H2. The van der Waals surface area contributed by atoms with Crippen LogP contribution >= 0.6 is 0 Å². The van der Waals surface area contributed by atoms with Gasteiger partial charge in [-0.25, -0.2) is 0 Å². The second kappa shape index (κ2) is 2.91. The van der Waals surface area contributed by atoms with Crippen molar-refractivity contribution in [1.29, 1.82) is 0 Å². The molecule has 1 rings (SSSR count). The summed E-state index contributed by atoms with van der Waals surface area (Å²) in [5.74, 6) is 1.01. The summed E-state index contributed by atoms with van der Waals surface area (Å²) in [5.41, 5.74) is 0. The molecule has 0 heteroatoms. The van der Waals surface area contributed by atoms with Gasteiger partial charge in [0.2, 0.25) is 0 Å². The summed E-state index contributed by atoms with van der Waals surface area (Å²) in [6.45, 7) is 3.64. The van der Waals surface area contributed by atoms with Crippen LogP contribution in [0.5, 0.6) is 0 Å². The minimum absolute atomic E-state index is 1.01. The summed E-state index contributed by atoms with van der Waals surface area (Å²) in [7, 11) is 0. The maximum atomic E-state index is 3.64. The van der Waals surface area contributed by atoms with E-state index in [9.17, 15) is 0 Å². The Morgan fingerprint density at radius 3 is 2.62 bits per heavy atom. The van der Waals surface area contributed by atoms with Gasteiger partial charge in [0.05, 0.1) is 0 Å². The number of hydrogen-bond acceptors (Lipinski definition) is 0. The van der Waals surface area contributed by atoms with Gasteiger partial charge in [-0.3, -0.25) is 0 Å². The normalized spacial score (nSPS) is 20.0. The average Bonchev–Trinajstić information content (AvgIpc) is 1.63. The smallest absolute Gasteiger partial charge is 0.0171 e. The molecule has 1 radical (unpaired) electrons. The highest BCUT2D eigenvalue weighted by atomic mass is 14.2. The molecule has 0 bridgehead atoms. The monoisotopic (exact) mass is 109 g/mol. The van der Waals surface area contributed by atoms with E-state index >= 15 is 0 Å². The first-order valence-corrected chi connectivity index (χ1v) is 3.37. The Morgan fingerprint density at radius 2 is 2.25 bits per heavy atom. The molecule has 0 aromatic carbocycles. The molecule has 1 fully saturated rings. The van der Waals surface area contributed by atoms with Gasteiger partial charge in [0, 0.05) is 0 Å². The Labute approximate surface area is 51.6 Å². The SMILES string of the molecule is C=C[CH]CC1CCC1. The Morgan fingerprint density at radius 1 is 1.50 bits per heavy atom. The van der Waals surface area contributed by atoms with Crippen LogP contribution in [0.4, 0.5) is 0 Å². The molecule has 1 aliphatic carbocycles. The molecular formula is C8H13. The van der Waals surface area contributed by atoms with E-state index in [1.54, 1.807) is 0 Å². The maximum absolute atomic E-state index is 3.64. The van der Waals surface area contributed by atoms with E-state index in [4.69, 9.17) is 0 Å². The molecule has 0 aromatic heterocycles. The van der Waals surface area contributed by atoms with Crippen molar-refractivity contribution < 1.29 is 0 Å². The van der Waals surface area contributed by atoms with Gasteiger partial charge >= 0.3 is 0 Å². The van der Waals surface area contributed by atoms with Gasteiger partial charge in [0.15, 0.2) is 0 Å². The zero-order chi connectivity index (χ0) is 5.82. The van der Waals surface area contributed by atoms with Gasteiger partial charge in [0.1, 0.15) is 0 Å². The third-order valence-electron chi connectivity index (χ3n) is 1.86. The lowest BCUT2D eigenvalue weighted by Crippen LogP contribution is -2.09.